The number of piperazine rings is 1. The van der Waals surface area contributed by atoms with Gasteiger partial charge in [-0.2, -0.15) is 0 Å². The normalized spacial score (nSPS) is 15.8. The molecule has 0 spiro atoms. The Hall–Kier alpha value is -2.45. The smallest absolute Gasteiger partial charge is 0.335 e. The number of carbonyl (C=O) groups is 3. The molecule has 2 rings (SSSR count). The number of amides is 1. The van der Waals surface area contributed by atoms with Crippen molar-refractivity contribution in [2.75, 3.05) is 33.2 Å². The van der Waals surface area contributed by atoms with Gasteiger partial charge in [0.05, 0.1) is 17.2 Å². The van der Waals surface area contributed by atoms with Gasteiger partial charge in [0.15, 0.2) is 0 Å². The molecule has 1 aromatic rings. The van der Waals surface area contributed by atoms with E-state index in [0.717, 1.165) is 26.2 Å². The van der Waals surface area contributed by atoms with Crippen LogP contribution in [0.5, 0.6) is 0 Å². The number of carboxylic acids is 2. The van der Waals surface area contributed by atoms with Gasteiger partial charge >= 0.3 is 11.9 Å². The molecule has 0 saturated carbocycles. The van der Waals surface area contributed by atoms with Crippen LogP contribution >= 0.6 is 0 Å². The van der Waals surface area contributed by atoms with Crippen molar-refractivity contribution in [2.24, 2.45) is 5.73 Å². The van der Waals surface area contributed by atoms with Gasteiger partial charge in [-0.25, -0.2) is 9.59 Å². The number of carboxylic acid groups (broad SMARTS) is 2. The third kappa shape index (κ3) is 5.84. The fourth-order valence-electron chi connectivity index (χ4n) is 2.41. The second-order valence-electron chi connectivity index (χ2n) is 6.01. The van der Waals surface area contributed by atoms with Gasteiger partial charge in [-0.05, 0) is 38.6 Å². The summed E-state index contributed by atoms with van der Waals surface area (Å²) in [7, 11) is 2.06. The van der Waals surface area contributed by atoms with E-state index >= 15 is 0 Å². The molecule has 8 nitrogen and oxygen atoms in total. The Kier molecular flexibility index (Phi) is 7.53. The number of hydrogen-bond donors (Lipinski definition) is 3. The fraction of sp³-hybridized carbons (Fsp3) is 0.471. The maximum Gasteiger partial charge on any atom is 0.335 e. The van der Waals surface area contributed by atoms with Crippen molar-refractivity contribution < 1.29 is 24.6 Å². The van der Waals surface area contributed by atoms with E-state index in [1.807, 2.05) is 4.90 Å². The summed E-state index contributed by atoms with van der Waals surface area (Å²) in [6, 6.07) is 3.82. The Bertz CT molecular complexity index is 605. The van der Waals surface area contributed by atoms with Crippen LogP contribution in [0.2, 0.25) is 0 Å². The summed E-state index contributed by atoms with van der Waals surface area (Å²) in [5.41, 5.74) is 5.83. The van der Waals surface area contributed by atoms with Crippen LogP contribution in [0.1, 0.15) is 33.2 Å². The van der Waals surface area contributed by atoms with Crippen molar-refractivity contribution in [1.29, 1.82) is 0 Å². The van der Waals surface area contributed by atoms with Crippen molar-refractivity contribution in [3.05, 3.63) is 34.9 Å². The molecule has 1 atom stereocenters. The van der Waals surface area contributed by atoms with E-state index in [1.54, 1.807) is 6.92 Å². The third-order valence-corrected chi connectivity index (χ3v) is 4.00. The lowest BCUT2D eigenvalue weighted by Crippen LogP contribution is -2.51. The first-order valence-electron chi connectivity index (χ1n) is 7.94. The number of nitrogens with zero attached hydrogens (tertiary/aromatic N) is 2. The highest BCUT2D eigenvalue weighted by molar-refractivity contribution is 5.96. The number of benzene rings is 1. The van der Waals surface area contributed by atoms with E-state index in [-0.39, 0.29) is 28.6 Å². The lowest BCUT2D eigenvalue weighted by molar-refractivity contribution is -0.133. The molecule has 1 fully saturated rings. The summed E-state index contributed by atoms with van der Waals surface area (Å²) >= 11 is 0. The second kappa shape index (κ2) is 9.14. The van der Waals surface area contributed by atoms with Gasteiger partial charge in [0.25, 0.3) is 0 Å². The number of carbonyl (C=O) groups excluding carboxylic acids is 1. The van der Waals surface area contributed by atoms with Crippen LogP contribution in [-0.4, -0.2) is 77.1 Å². The van der Waals surface area contributed by atoms with Gasteiger partial charge in [-0.15, -0.1) is 0 Å². The van der Waals surface area contributed by atoms with Gasteiger partial charge < -0.3 is 25.7 Å². The minimum Gasteiger partial charge on any atom is -0.478 e. The van der Waals surface area contributed by atoms with Crippen LogP contribution < -0.4 is 5.73 Å². The van der Waals surface area contributed by atoms with Gasteiger partial charge in [0.1, 0.15) is 0 Å². The first-order valence-corrected chi connectivity index (χ1v) is 7.94. The van der Waals surface area contributed by atoms with Crippen LogP contribution in [0.25, 0.3) is 0 Å². The lowest BCUT2D eigenvalue weighted by atomic mass is 10.0. The first-order chi connectivity index (χ1) is 11.6. The van der Waals surface area contributed by atoms with Crippen LogP contribution in [0.4, 0.5) is 0 Å². The van der Waals surface area contributed by atoms with E-state index in [9.17, 15) is 14.4 Å². The standard InChI is InChI=1S/C9H8O4.C8H17N3O/c1-5-6(8(10)11)3-2-4-7(5)9(12)13;1-7(9)8(12)11-5-3-10(2)4-6-11/h2-4H,1H3,(H,10,11)(H,12,13);7H,3-6,9H2,1-2H3. The van der Waals surface area contributed by atoms with E-state index in [4.69, 9.17) is 15.9 Å². The van der Waals surface area contributed by atoms with Crippen LogP contribution in [-0.2, 0) is 4.79 Å². The summed E-state index contributed by atoms with van der Waals surface area (Å²) in [6.45, 7) is 6.76. The van der Waals surface area contributed by atoms with Crippen LogP contribution in [0.3, 0.4) is 0 Å². The summed E-state index contributed by atoms with van der Waals surface area (Å²) < 4.78 is 0. The number of rotatable bonds is 3. The molecule has 0 aliphatic carbocycles. The van der Waals surface area contributed by atoms with Crippen molar-refractivity contribution >= 4 is 17.8 Å². The fourth-order valence-corrected chi connectivity index (χ4v) is 2.41. The molecule has 0 radical (unpaired) electrons. The average molecular weight is 351 g/mol. The highest BCUT2D eigenvalue weighted by atomic mass is 16.4. The molecule has 8 heteroatoms. The Labute approximate surface area is 146 Å². The SMILES string of the molecule is CC(N)C(=O)N1CCN(C)CC1.Cc1c(C(=O)O)cccc1C(=O)O. The van der Waals surface area contributed by atoms with Crippen molar-refractivity contribution in [1.82, 2.24) is 9.80 Å². The summed E-state index contributed by atoms with van der Waals surface area (Å²) in [5, 5.41) is 17.4. The molecule has 0 aromatic heterocycles. The Morgan fingerprint density at radius 1 is 1.04 bits per heavy atom. The molecule has 1 aliphatic rings. The molecule has 1 unspecified atom stereocenters. The lowest BCUT2D eigenvalue weighted by Gasteiger charge is -2.33. The third-order valence-electron chi connectivity index (χ3n) is 4.00. The quantitative estimate of drug-likeness (QED) is 0.724. The topological polar surface area (TPSA) is 124 Å². The zero-order valence-corrected chi connectivity index (χ0v) is 14.7. The Morgan fingerprint density at radius 3 is 1.84 bits per heavy atom. The summed E-state index contributed by atoms with van der Waals surface area (Å²) in [5.74, 6) is -2.15. The maximum atomic E-state index is 11.4. The molecule has 1 amide bonds. The highest BCUT2D eigenvalue weighted by Gasteiger charge is 2.20. The van der Waals surface area contributed by atoms with E-state index in [2.05, 4.69) is 11.9 Å². The molecule has 138 valence electrons. The zero-order chi connectivity index (χ0) is 19.1. The molecule has 0 bridgehead atoms. The molecule has 25 heavy (non-hydrogen) atoms. The highest BCUT2D eigenvalue weighted by Crippen LogP contribution is 2.13. The van der Waals surface area contributed by atoms with Crippen molar-refractivity contribution in [3.8, 4) is 0 Å². The molecular weight excluding hydrogens is 326 g/mol. The van der Waals surface area contributed by atoms with E-state index < -0.39 is 11.9 Å². The molecular formula is C17H25N3O5. The summed E-state index contributed by atoms with van der Waals surface area (Å²) in [6.07, 6.45) is 0. The number of hydrogen-bond acceptors (Lipinski definition) is 5. The molecule has 1 aromatic carbocycles. The van der Waals surface area contributed by atoms with Gasteiger partial charge in [0, 0.05) is 26.2 Å². The van der Waals surface area contributed by atoms with Crippen molar-refractivity contribution in [3.63, 3.8) is 0 Å². The second-order valence-corrected chi connectivity index (χ2v) is 6.01. The van der Waals surface area contributed by atoms with Gasteiger partial charge in [-0.3, -0.25) is 4.79 Å². The average Bonchev–Trinajstić information content (AvgIpc) is 2.55. The molecule has 4 N–H and O–H groups in total. The largest absolute Gasteiger partial charge is 0.478 e. The Morgan fingerprint density at radius 2 is 1.48 bits per heavy atom. The monoisotopic (exact) mass is 351 g/mol. The minimum absolute atomic E-state index is 0.0277. The van der Waals surface area contributed by atoms with Gasteiger partial charge in [-0.1, -0.05) is 6.07 Å². The van der Waals surface area contributed by atoms with E-state index in [0.29, 0.717) is 0 Å². The predicted molar refractivity (Wildman–Crippen MR) is 92.8 cm³/mol. The first kappa shape index (κ1) is 20.6. The zero-order valence-electron chi connectivity index (χ0n) is 14.7. The minimum atomic E-state index is -1.11. The Balaban J connectivity index is 0.000000251. The number of likely N-dealkylation sites (N-methyl/N-ethyl adjacent to an activating group) is 1. The van der Waals surface area contributed by atoms with Crippen molar-refractivity contribution in [2.45, 2.75) is 19.9 Å². The molecule has 1 heterocycles. The van der Waals surface area contributed by atoms with E-state index in [1.165, 1.54) is 25.1 Å². The number of aromatic carboxylic acids is 2. The predicted octanol–water partition coefficient (Wildman–Crippen LogP) is 0.499. The maximum absolute atomic E-state index is 11.4. The van der Waals surface area contributed by atoms with Gasteiger partial charge in [0.2, 0.25) is 5.91 Å². The molecule has 1 aliphatic heterocycles. The van der Waals surface area contributed by atoms with Crippen LogP contribution in [0.15, 0.2) is 18.2 Å². The number of nitrogens with two attached hydrogens (primary N) is 1. The summed E-state index contributed by atoms with van der Waals surface area (Å²) in [4.78, 5) is 36.6. The molecule has 1 saturated heterocycles. The van der Waals surface area contributed by atoms with Crippen LogP contribution in [0, 0.1) is 6.92 Å².